The van der Waals surface area contributed by atoms with Gasteiger partial charge in [-0.05, 0) is 19.1 Å². The number of rotatable bonds is 3. The van der Waals surface area contributed by atoms with E-state index in [0.29, 0.717) is 0 Å². The molecular formula is C13H18ClN3OS. The number of nitrogens with zero attached hydrogens (tertiary/aromatic N) is 2. The Bertz CT molecular complexity index is 554. The van der Waals surface area contributed by atoms with Gasteiger partial charge >= 0.3 is 0 Å². The van der Waals surface area contributed by atoms with Gasteiger partial charge < -0.3 is 4.42 Å². The maximum absolute atomic E-state index is 5.37. The molecule has 0 aromatic carbocycles. The number of hydrazone groups is 1. The number of hydrogen-bond acceptors (Lipinski definition) is 5. The van der Waals surface area contributed by atoms with Crippen LogP contribution < -0.4 is 5.43 Å². The lowest BCUT2D eigenvalue weighted by atomic mass is 9.93. The molecule has 0 aliphatic carbocycles. The second-order valence-electron chi connectivity index (χ2n) is 5.11. The second-order valence-corrected chi connectivity index (χ2v) is 5.96. The lowest BCUT2D eigenvalue weighted by Gasteiger charge is -2.13. The van der Waals surface area contributed by atoms with Gasteiger partial charge in [0.05, 0.1) is 11.9 Å². The zero-order valence-electron chi connectivity index (χ0n) is 11.4. The molecule has 0 radical (unpaired) electrons. The molecule has 0 aliphatic heterocycles. The van der Waals surface area contributed by atoms with Crippen LogP contribution in [0.2, 0.25) is 0 Å². The third-order valence-electron chi connectivity index (χ3n) is 2.39. The predicted octanol–water partition coefficient (Wildman–Crippen LogP) is 4.21. The van der Waals surface area contributed by atoms with Crippen molar-refractivity contribution in [3.05, 3.63) is 34.7 Å². The number of anilines is 1. The van der Waals surface area contributed by atoms with Gasteiger partial charge in [0.15, 0.2) is 0 Å². The number of nitrogens with one attached hydrogen (secondary N) is 1. The summed E-state index contributed by atoms with van der Waals surface area (Å²) in [5, 5.41) is 6.94. The highest BCUT2D eigenvalue weighted by Gasteiger charge is 2.17. The highest BCUT2D eigenvalue weighted by molar-refractivity contribution is 7.13. The summed E-state index contributed by atoms with van der Waals surface area (Å²) in [5.74, 6) is 1.60. The van der Waals surface area contributed by atoms with Gasteiger partial charge in [0.1, 0.15) is 11.5 Å². The first kappa shape index (κ1) is 15.7. The number of aryl methyl sites for hydroxylation is 1. The van der Waals surface area contributed by atoms with Crippen LogP contribution in [0.25, 0.3) is 0 Å². The van der Waals surface area contributed by atoms with Gasteiger partial charge in [-0.2, -0.15) is 5.10 Å². The smallest absolute Gasteiger partial charge is 0.203 e. The van der Waals surface area contributed by atoms with Crippen molar-refractivity contribution in [1.29, 1.82) is 0 Å². The van der Waals surface area contributed by atoms with E-state index in [2.05, 4.69) is 41.7 Å². The van der Waals surface area contributed by atoms with Crippen LogP contribution in [-0.2, 0) is 5.41 Å². The zero-order chi connectivity index (χ0) is 13.2. The van der Waals surface area contributed by atoms with Crippen molar-refractivity contribution in [3.8, 4) is 0 Å². The summed E-state index contributed by atoms with van der Waals surface area (Å²) in [5.41, 5.74) is 4.05. The van der Waals surface area contributed by atoms with Gasteiger partial charge in [-0.3, -0.25) is 5.43 Å². The minimum atomic E-state index is 0. The number of aromatic nitrogens is 1. The van der Waals surface area contributed by atoms with Crippen molar-refractivity contribution in [2.24, 2.45) is 5.10 Å². The maximum atomic E-state index is 5.37. The number of hydrogen-bond donors (Lipinski definition) is 1. The lowest BCUT2D eigenvalue weighted by Crippen LogP contribution is -2.11. The number of furan rings is 1. The summed E-state index contributed by atoms with van der Waals surface area (Å²) in [6.45, 7) is 8.32. The summed E-state index contributed by atoms with van der Waals surface area (Å²) in [4.78, 5) is 4.48. The Morgan fingerprint density at radius 2 is 2.11 bits per heavy atom. The van der Waals surface area contributed by atoms with Crippen LogP contribution in [-0.4, -0.2) is 11.2 Å². The fourth-order valence-electron chi connectivity index (χ4n) is 1.34. The van der Waals surface area contributed by atoms with Gasteiger partial charge in [0.2, 0.25) is 5.13 Å². The van der Waals surface area contributed by atoms with Crippen LogP contribution in [0.3, 0.4) is 0 Å². The Morgan fingerprint density at radius 3 is 2.63 bits per heavy atom. The van der Waals surface area contributed by atoms with E-state index < -0.39 is 0 Å². The largest absolute Gasteiger partial charge is 0.460 e. The molecule has 4 nitrogen and oxygen atoms in total. The van der Waals surface area contributed by atoms with Crippen LogP contribution in [0.1, 0.15) is 38.0 Å². The first-order valence-corrected chi connectivity index (χ1v) is 6.64. The molecular weight excluding hydrogens is 282 g/mol. The molecule has 1 N–H and O–H groups in total. The van der Waals surface area contributed by atoms with E-state index in [0.717, 1.165) is 22.3 Å². The highest BCUT2D eigenvalue weighted by Crippen LogP contribution is 2.26. The molecule has 0 unspecified atom stereocenters. The topological polar surface area (TPSA) is 50.4 Å². The Balaban J connectivity index is 0.00000180. The van der Waals surface area contributed by atoms with E-state index in [9.17, 15) is 0 Å². The molecule has 0 fully saturated rings. The minimum Gasteiger partial charge on any atom is -0.460 e. The highest BCUT2D eigenvalue weighted by atomic mass is 35.5. The van der Waals surface area contributed by atoms with Crippen LogP contribution in [0.15, 0.2) is 27.0 Å². The van der Waals surface area contributed by atoms with Crippen LogP contribution >= 0.6 is 23.7 Å². The van der Waals surface area contributed by atoms with Crippen molar-refractivity contribution in [1.82, 2.24) is 4.98 Å². The fraction of sp³-hybridized carbons (Fsp3) is 0.385. The average molecular weight is 300 g/mol. The van der Waals surface area contributed by atoms with Crippen molar-refractivity contribution in [2.45, 2.75) is 33.1 Å². The molecule has 2 aromatic heterocycles. The Labute approximate surface area is 123 Å². The standard InChI is InChI=1S/C13H17N3OS.ClH/c1-9-5-6-10(17-9)7-14-16-12-15-11(8-18-12)13(2,3)4;/h5-8H,1-4H3,(H,15,16);1H. The van der Waals surface area contributed by atoms with Crippen LogP contribution in [0, 0.1) is 6.92 Å². The van der Waals surface area contributed by atoms with E-state index in [1.165, 1.54) is 0 Å². The third-order valence-corrected chi connectivity index (χ3v) is 3.13. The number of halogens is 1. The summed E-state index contributed by atoms with van der Waals surface area (Å²) in [6.07, 6.45) is 1.64. The molecule has 104 valence electrons. The van der Waals surface area contributed by atoms with E-state index in [1.54, 1.807) is 17.6 Å². The molecule has 6 heteroatoms. The normalized spacial score (nSPS) is 11.6. The molecule has 19 heavy (non-hydrogen) atoms. The summed E-state index contributed by atoms with van der Waals surface area (Å²) in [7, 11) is 0. The fourth-order valence-corrected chi connectivity index (χ4v) is 2.23. The summed E-state index contributed by atoms with van der Waals surface area (Å²) < 4.78 is 5.37. The first-order valence-electron chi connectivity index (χ1n) is 5.77. The van der Waals surface area contributed by atoms with Gasteiger partial charge in [0, 0.05) is 10.8 Å². The first-order chi connectivity index (χ1) is 8.45. The Hall–Kier alpha value is -1.33. The predicted molar refractivity (Wildman–Crippen MR) is 82.7 cm³/mol. The van der Waals surface area contributed by atoms with Gasteiger partial charge in [-0.25, -0.2) is 4.98 Å². The van der Waals surface area contributed by atoms with Crippen molar-refractivity contribution in [3.63, 3.8) is 0 Å². The van der Waals surface area contributed by atoms with E-state index in [1.807, 2.05) is 19.1 Å². The number of thiazole rings is 1. The maximum Gasteiger partial charge on any atom is 0.203 e. The summed E-state index contributed by atoms with van der Waals surface area (Å²) in [6, 6.07) is 3.78. The minimum absolute atomic E-state index is 0. The van der Waals surface area contributed by atoms with Crippen molar-refractivity contribution in [2.75, 3.05) is 5.43 Å². The molecule has 0 saturated carbocycles. The lowest BCUT2D eigenvalue weighted by molar-refractivity contribution is 0.528. The molecule has 0 aliphatic rings. The molecule has 2 heterocycles. The van der Waals surface area contributed by atoms with E-state index >= 15 is 0 Å². The molecule has 2 rings (SSSR count). The van der Waals surface area contributed by atoms with Gasteiger partial charge in [0.25, 0.3) is 0 Å². The molecule has 0 bridgehead atoms. The Morgan fingerprint density at radius 1 is 1.37 bits per heavy atom. The molecule has 0 atom stereocenters. The van der Waals surface area contributed by atoms with Crippen LogP contribution in [0.4, 0.5) is 5.13 Å². The quantitative estimate of drug-likeness (QED) is 0.682. The third kappa shape index (κ3) is 4.36. The van der Waals surface area contributed by atoms with Crippen LogP contribution in [0.5, 0.6) is 0 Å². The molecule has 0 amide bonds. The van der Waals surface area contributed by atoms with E-state index in [-0.39, 0.29) is 17.8 Å². The van der Waals surface area contributed by atoms with Gasteiger partial charge in [-0.1, -0.05) is 20.8 Å². The Kier molecular flexibility index (Phi) is 5.14. The summed E-state index contributed by atoms with van der Waals surface area (Å²) >= 11 is 1.55. The van der Waals surface area contributed by atoms with Gasteiger partial charge in [-0.15, -0.1) is 23.7 Å². The second kappa shape index (κ2) is 6.21. The van der Waals surface area contributed by atoms with Crippen molar-refractivity contribution < 1.29 is 4.42 Å². The SMILES string of the molecule is Cc1ccc(C=NNc2nc(C(C)(C)C)cs2)o1.Cl. The van der Waals surface area contributed by atoms with E-state index in [4.69, 9.17) is 4.42 Å². The average Bonchev–Trinajstić information content (AvgIpc) is 2.87. The molecule has 2 aromatic rings. The zero-order valence-corrected chi connectivity index (χ0v) is 13.1. The molecule has 0 spiro atoms. The monoisotopic (exact) mass is 299 g/mol. The molecule has 0 saturated heterocycles. The van der Waals surface area contributed by atoms with Crippen molar-refractivity contribution >= 4 is 35.1 Å².